The lowest BCUT2D eigenvalue weighted by Gasteiger charge is -2.29. The minimum Gasteiger partial charge on any atom is -0.361 e. The number of nitrogens with one attached hydrogen (secondary N) is 2. The molecule has 0 unspecified atom stereocenters. The number of hydrogen-bond acceptors (Lipinski definition) is 2. The molecular weight excluding hydrogens is 515 g/mol. The number of anilines is 1. The first-order valence-corrected chi connectivity index (χ1v) is 14.0. The van der Waals surface area contributed by atoms with Crippen molar-refractivity contribution in [3.8, 4) is 0 Å². The molecule has 0 bridgehead atoms. The molecule has 1 aromatic heterocycles. The molecule has 210 valence electrons. The van der Waals surface area contributed by atoms with Gasteiger partial charge in [-0.15, -0.1) is 0 Å². The molecule has 0 aliphatic rings. The zero-order valence-electron chi connectivity index (χ0n) is 23.4. The predicted octanol–water partition coefficient (Wildman–Crippen LogP) is 7.22. The number of aromatic nitrogens is 1. The molecule has 0 aliphatic heterocycles. The van der Waals surface area contributed by atoms with E-state index in [0.29, 0.717) is 31.7 Å². The number of urea groups is 1. The van der Waals surface area contributed by atoms with Gasteiger partial charge in [-0.25, -0.2) is 9.18 Å². The number of H-pyrrole nitrogens is 1. The fourth-order valence-electron chi connectivity index (χ4n) is 5.15. The number of rotatable bonds is 10. The molecule has 7 heteroatoms. The van der Waals surface area contributed by atoms with Gasteiger partial charge >= 0.3 is 6.03 Å². The first-order chi connectivity index (χ1) is 19.9. The molecule has 0 saturated carbocycles. The average molecular weight is 551 g/mol. The van der Waals surface area contributed by atoms with Gasteiger partial charge in [0.2, 0.25) is 5.91 Å². The molecule has 6 nitrogen and oxygen atoms in total. The van der Waals surface area contributed by atoms with E-state index in [9.17, 15) is 14.0 Å². The fraction of sp³-hybridized carbons (Fsp3) is 0.235. The Morgan fingerprint density at radius 1 is 0.854 bits per heavy atom. The Morgan fingerprint density at radius 3 is 2.34 bits per heavy atom. The number of nitrogens with zero attached hydrogens (tertiary/aromatic N) is 2. The van der Waals surface area contributed by atoms with Gasteiger partial charge in [0.05, 0.1) is 5.69 Å². The summed E-state index contributed by atoms with van der Waals surface area (Å²) in [5.41, 5.74) is 3.70. The normalized spacial score (nSPS) is 11.2. The van der Waals surface area contributed by atoms with Crippen LogP contribution in [0.15, 0.2) is 97.2 Å². The molecule has 41 heavy (non-hydrogen) atoms. The number of carbonyl (C=O) groups excluding carboxylic acids is 2. The largest absolute Gasteiger partial charge is 0.361 e. The number of hydrogen-bond donors (Lipinski definition) is 2. The first kappa shape index (κ1) is 27.9. The summed E-state index contributed by atoms with van der Waals surface area (Å²) in [6.07, 6.45) is 2.62. The Bertz CT molecular complexity index is 1640. The monoisotopic (exact) mass is 550 g/mol. The topological polar surface area (TPSA) is 68.4 Å². The minimum atomic E-state index is -0.321. The van der Waals surface area contributed by atoms with Crippen LogP contribution in [0.2, 0.25) is 0 Å². The van der Waals surface area contributed by atoms with Gasteiger partial charge in [0, 0.05) is 42.1 Å². The van der Waals surface area contributed by atoms with E-state index in [1.165, 1.54) is 12.1 Å². The summed E-state index contributed by atoms with van der Waals surface area (Å²) in [7, 11) is 0. The number of aromatic amines is 1. The Morgan fingerprint density at radius 2 is 1.56 bits per heavy atom. The number of amides is 3. The molecule has 0 aliphatic carbocycles. The highest BCUT2D eigenvalue weighted by atomic mass is 19.1. The number of benzene rings is 4. The number of fused-ring (bicyclic) bond motifs is 2. The molecular formula is C34H35FN4O2. The number of halogens is 1. The van der Waals surface area contributed by atoms with E-state index in [4.69, 9.17) is 0 Å². The van der Waals surface area contributed by atoms with Crippen LogP contribution in [0.1, 0.15) is 25.0 Å². The zero-order chi connectivity index (χ0) is 28.8. The van der Waals surface area contributed by atoms with Crippen LogP contribution in [0.4, 0.5) is 14.9 Å². The van der Waals surface area contributed by atoms with Crippen LogP contribution in [-0.2, 0) is 17.8 Å². The highest BCUT2D eigenvalue weighted by Gasteiger charge is 2.23. The second-order valence-electron chi connectivity index (χ2n) is 10.8. The summed E-state index contributed by atoms with van der Waals surface area (Å²) in [5.74, 6) is -0.320. The maximum absolute atomic E-state index is 13.8. The van der Waals surface area contributed by atoms with Crippen molar-refractivity contribution in [1.29, 1.82) is 0 Å². The lowest BCUT2D eigenvalue weighted by molar-refractivity contribution is -0.132. The maximum atomic E-state index is 13.8. The third-order valence-corrected chi connectivity index (χ3v) is 7.20. The Balaban J connectivity index is 1.35. The predicted molar refractivity (Wildman–Crippen MR) is 163 cm³/mol. The summed E-state index contributed by atoms with van der Waals surface area (Å²) in [5, 5.41) is 6.13. The van der Waals surface area contributed by atoms with Gasteiger partial charge in [-0.2, -0.15) is 0 Å². The molecule has 1 heterocycles. The smallest absolute Gasteiger partial charge is 0.322 e. The lowest BCUT2D eigenvalue weighted by atomic mass is 10.1. The molecule has 3 amide bonds. The Hall–Kier alpha value is -4.65. The van der Waals surface area contributed by atoms with Crippen molar-refractivity contribution in [2.75, 3.05) is 25.0 Å². The van der Waals surface area contributed by atoms with Gasteiger partial charge in [0.25, 0.3) is 0 Å². The van der Waals surface area contributed by atoms with Crippen LogP contribution in [0, 0.1) is 11.7 Å². The third-order valence-electron chi connectivity index (χ3n) is 7.20. The van der Waals surface area contributed by atoms with Crippen molar-refractivity contribution in [2.24, 2.45) is 5.92 Å². The van der Waals surface area contributed by atoms with Gasteiger partial charge in [0.1, 0.15) is 12.4 Å². The van der Waals surface area contributed by atoms with Crippen LogP contribution in [0.25, 0.3) is 21.7 Å². The second-order valence-corrected chi connectivity index (χ2v) is 10.8. The van der Waals surface area contributed by atoms with Crippen molar-refractivity contribution in [3.63, 3.8) is 0 Å². The molecule has 0 radical (unpaired) electrons. The van der Waals surface area contributed by atoms with Crippen molar-refractivity contribution in [2.45, 2.75) is 26.8 Å². The van der Waals surface area contributed by atoms with Crippen molar-refractivity contribution in [1.82, 2.24) is 14.8 Å². The molecule has 4 aromatic carbocycles. The molecule has 0 fully saturated rings. The highest BCUT2D eigenvalue weighted by Crippen LogP contribution is 2.24. The van der Waals surface area contributed by atoms with Crippen LogP contribution in [0.3, 0.4) is 0 Å². The Labute approximate surface area is 239 Å². The van der Waals surface area contributed by atoms with E-state index in [-0.39, 0.29) is 30.2 Å². The van der Waals surface area contributed by atoms with Crippen LogP contribution in [0.5, 0.6) is 0 Å². The van der Waals surface area contributed by atoms with E-state index in [2.05, 4.69) is 16.4 Å². The summed E-state index contributed by atoms with van der Waals surface area (Å²) in [6.45, 7) is 5.19. The maximum Gasteiger partial charge on any atom is 0.322 e. The highest BCUT2D eigenvalue weighted by molar-refractivity contribution is 6.02. The van der Waals surface area contributed by atoms with Gasteiger partial charge < -0.3 is 20.1 Å². The molecule has 0 atom stereocenters. The van der Waals surface area contributed by atoms with Crippen LogP contribution < -0.4 is 5.32 Å². The molecule has 2 N–H and O–H groups in total. The summed E-state index contributed by atoms with van der Waals surface area (Å²) < 4.78 is 13.6. The van der Waals surface area contributed by atoms with Gasteiger partial charge in [-0.3, -0.25) is 4.79 Å². The van der Waals surface area contributed by atoms with E-state index >= 15 is 0 Å². The van der Waals surface area contributed by atoms with Crippen molar-refractivity contribution in [3.05, 3.63) is 114 Å². The molecule has 0 spiro atoms. The molecule has 5 rings (SSSR count). The van der Waals surface area contributed by atoms with Gasteiger partial charge in [-0.05, 0) is 53.1 Å². The summed E-state index contributed by atoms with van der Waals surface area (Å²) >= 11 is 0. The summed E-state index contributed by atoms with van der Waals surface area (Å²) in [4.78, 5) is 34.0. The van der Waals surface area contributed by atoms with Gasteiger partial charge in [0.15, 0.2) is 0 Å². The van der Waals surface area contributed by atoms with E-state index in [1.54, 1.807) is 21.9 Å². The van der Waals surface area contributed by atoms with Crippen LogP contribution in [-0.4, -0.2) is 46.4 Å². The average Bonchev–Trinajstić information content (AvgIpc) is 3.39. The first-order valence-electron chi connectivity index (χ1n) is 14.0. The number of para-hydroxylation sites is 1. The lowest BCUT2D eigenvalue weighted by Crippen LogP contribution is -2.46. The minimum absolute atomic E-state index is 0.0656. The molecule has 0 saturated heterocycles. The fourth-order valence-corrected chi connectivity index (χ4v) is 5.15. The van der Waals surface area contributed by atoms with E-state index in [1.807, 2.05) is 80.7 Å². The van der Waals surface area contributed by atoms with Crippen molar-refractivity contribution < 1.29 is 14.0 Å². The van der Waals surface area contributed by atoms with Crippen molar-refractivity contribution >= 4 is 39.3 Å². The summed E-state index contributed by atoms with van der Waals surface area (Å²) in [6, 6.07) is 27.6. The van der Waals surface area contributed by atoms with Gasteiger partial charge in [-0.1, -0.05) is 80.6 Å². The third kappa shape index (κ3) is 6.92. The van der Waals surface area contributed by atoms with Crippen LogP contribution >= 0.6 is 0 Å². The van der Waals surface area contributed by atoms with E-state index < -0.39 is 0 Å². The quantitative estimate of drug-likeness (QED) is 0.193. The SMILES string of the molecule is CC(C)CN(CC(=O)N(CCc1c[nH]c2ccccc12)Cc1ccc(F)cc1)C(=O)Nc1cccc2ccccc12. The zero-order valence-corrected chi connectivity index (χ0v) is 23.4. The second kappa shape index (κ2) is 12.7. The Kier molecular flexibility index (Phi) is 8.63. The number of carbonyl (C=O) groups is 2. The van der Waals surface area contributed by atoms with E-state index in [0.717, 1.165) is 32.8 Å². The molecule has 5 aromatic rings. The standard InChI is InChI=1S/C34H35FN4O2/c1-24(2)21-39(34(41)37-32-13-7-9-26-8-3-4-10-29(26)32)23-33(40)38(22-25-14-16-28(35)17-15-25)19-18-27-20-36-31-12-6-5-11-30(27)31/h3-17,20,24,36H,18-19,21-23H2,1-2H3,(H,37,41).